The van der Waals surface area contributed by atoms with Gasteiger partial charge in [0.1, 0.15) is 23.1 Å². The first-order valence-electron chi connectivity index (χ1n) is 7.26. The van der Waals surface area contributed by atoms with E-state index in [-0.39, 0.29) is 11.3 Å². The number of anilines is 2. The third kappa shape index (κ3) is 4.66. The molecule has 7 heteroatoms. The lowest BCUT2D eigenvalue weighted by molar-refractivity contribution is -0.112. The van der Waals surface area contributed by atoms with E-state index in [0.717, 1.165) is 5.56 Å². The first-order chi connectivity index (χ1) is 11.9. The van der Waals surface area contributed by atoms with Crippen LogP contribution >= 0.6 is 11.6 Å². The molecule has 0 saturated heterocycles. The smallest absolute Gasteiger partial charge is 0.267 e. The molecule has 2 aromatic rings. The van der Waals surface area contributed by atoms with Gasteiger partial charge < -0.3 is 20.5 Å². The number of ether oxygens (including phenoxy) is 1. The normalized spacial score (nSPS) is 10.7. The summed E-state index contributed by atoms with van der Waals surface area (Å²) < 4.78 is 5.15. The van der Waals surface area contributed by atoms with Gasteiger partial charge in [0, 0.05) is 11.2 Å². The largest absolute Gasteiger partial charge is 0.506 e. The van der Waals surface area contributed by atoms with E-state index >= 15 is 0 Å². The Morgan fingerprint density at radius 2 is 2.04 bits per heavy atom. The Kier molecular flexibility index (Phi) is 5.88. The number of rotatable bonds is 5. The maximum Gasteiger partial charge on any atom is 0.267 e. The number of amides is 1. The van der Waals surface area contributed by atoms with E-state index in [0.29, 0.717) is 22.1 Å². The van der Waals surface area contributed by atoms with Crippen molar-refractivity contribution in [2.45, 2.75) is 6.92 Å². The summed E-state index contributed by atoms with van der Waals surface area (Å²) in [6.07, 6.45) is 1.22. The van der Waals surface area contributed by atoms with Gasteiger partial charge in [0.05, 0.1) is 18.5 Å². The number of hydrogen-bond donors (Lipinski definition) is 3. The number of nitriles is 1. The number of methoxy groups -OCH3 is 1. The van der Waals surface area contributed by atoms with Gasteiger partial charge in [-0.25, -0.2) is 0 Å². The van der Waals surface area contributed by atoms with Crippen LogP contribution in [0.3, 0.4) is 0 Å². The van der Waals surface area contributed by atoms with E-state index in [1.54, 1.807) is 36.4 Å². The molecule has 25 heavy (non-hydrogen) atoms. The second-order valence-corrected chi connectivity index (χ2v) is 5.57. The SMILES string of the molecule is COc1ccc(Cl)cc1NC(=O)/C(C#N)=C\Nc1ccc(C)cc1O. The lowest BCUT2D eigenvalue weighted by Crippen LogP contribution is -2.15. The molecule has 0 aromatic heterocycles. The highest BCUT2D eigenvalue weighted by Crippen LogP contribution is 2.28. The summed E-state index contributed by atoms with van der Waals surface area (Å²) in [6.45, 7) is 1.84. The number of phenols is 1. The van der Waals surface area contributed by atoms with Crippen LogP contribution in [-0.4, -0.2) is 18.1 Å². The maximum atomic E-state index is 12.3. The van der Waals surface area contributed by atoms with Crippen LogP contribution in [0.2, 0.25) is 5.02 Å². The second kappa shape index (κ2) is 8.08. The number of carbonyl (C=O) groups excluding carboxylic acids is 1. The van der Waals surface area contributed by atoms with E-state index in [1.807, 2.05) is 6.92 Å². The summed E-state index contributed by atoms with van der Waals surface area (Å²) in [7, 11) is 1.46. The molecule has 0 heterocycles. The molecule has 0 radical (unpaired) electrons. The fraction of sp³-hybridized carbons (Fsp3) is 0.111. The number of halogens is 1. The molecule has 0 fully saturated rings. The number of hydrogen-bond acceptors (Lipinski definition) is 5. The molecule has 2 aromatic carbocycles. The van der Waals surface area contributed by atoms with Crippen LogP contribution in [0.4, 0.5) is 11.4 Å². The molecule has 0 aliphatic heterocycles. The van der Waals surface area contributed by atoms with Crippen LogP contribution in [-0.2, 0) is 4.79 Å². The molecule has 2 rings (SSSR count). The Morgan fingerprint density at radius 3 is 2.68 bits per heavy atom. The second-order valence-electron chi connectivity index (χ2n) is 5.13. The number of phenolic OH excluding ortho intramolecular Hbond substituents is 1. The van der Waals surface area contributed by atoms with Crippen molar-refractivity contribution in [3.63, 3.8) is 0 Å². The van der Waals surface area contributed by atoms with Crippen molar-refractivity contribution in [1.82, 2.24) is 0 Å². The van der Waals surface area contributed by atoms with Crippen molar-refractivity contribution >= 4 is 28.9 Å². The molecule has 0 bridgehead atoms. The van der Waals surface area contributed by atoms with Crippen molar-refractivity contribution in [3.05, 3.63) is 58.8 Å². The third-order valence-corrected chi connectivity index (χ3v) is 3.54. The van der Waals surface area contributed by atoms with Crippen LogP contribution in [0.25, 0.3) is 0 Å². The molecule has 0 aliphatic rings. The van der Waals surface area contributed by atoms with Crippen LogP contribution in [0, 0.1) is 18.3 Å². The van der Waals surface area contributed by atoms with Gasteiger partial charge in [-0.1, -0.05) is 17.7 Å². The fourth-order valence-electron chi connectivity index (χ4n) is 2.03. The van der Waals surface area contributed by atoms with Gasteiger partial charge in [-0.3, -0.25) is 4.79 Å². The average molecular weight is 358 g/mol. The number of carbonyl (C=O) groups is 1. The van der Waals surface area contributed by atoms with Crippen molar-refractivity contribution in [2.24, 2.45) is 0 Å². The topological polar surface area (TPSA) is 94.4 Å². The number of nitrogens with one attached hydrogen (secondary N) is 2. The minimum atomic E-state index is -0.637. The highest BCUT2D eigenvalue weighted by Gasteiger charge is 2.13. The Morgan fingerprint density at radius 1 is 1.28 bits per heavy atom. The summed E-state index contributed by atoms with van der Waals surface area (Å²) in [6, 6.07) is 11.6. The van der Waals surface area contributed by atoms with Gasteiger partial charge in [0.15, 0.2) is 0 Å². The van der Waals surface area contributed by atoms with Crippen molar-refractivity contribution < 1.29 is 14.6 Å². The molecule has 0 spiro atoms. The van der Waals surface area contributed by atoms with Gasteiger partial charge in [0.25, 0.3) is 5.91 Å². The molecule has 6 nitrogen and oxygen atoms in total. The predicted molar refractivity (Wildman–Crippen MR) is 96.8 cm³/mol. The molecule has 0 saturated carbocycles. The zero-order valence-corrected chi connectivity index (χ0v) is 14.4. The Bertz CT molecular complexity index is 872. The number of benzene rings is 2. The summed E-state index contributed by atoms with van der Waals surface area (Å²) in [5.74, 6) is -0.202. The van der Waals surface area contributed by atoms with E-state index in [9.17, 15) is 15.2 Å². The molecular formula is C18H16ClN3O3. The Hall–Kier alpha value is -3.17. The number of aromatic hydroxyl groups is 1. The quantitative estimate of drug-likeness (QED) is 0.429. The Balaban J connectivity index is 2.18. The fourth-order valence-corrected chi connectivity index (χ4v) is 2.20. The van der Waals surface area contributed by atoms with E-state index < -0.39 is 5.91 Å². The molecule has 0 atom stereocenters. The standard InChI is InChI=1S/C18H16ClN3O3/c1-11-3-5-14(16(23)7-11)21-10-12(9-20)18(24)22-15-8-13(19)4-6-17(15)25-2/h3-8,10,21,23H,1-2H3,(H,22,24)/b12-10-. The molecule has 128 valence electrons. The minimum absolute atomic E-state index is 0.0189. The van der Waals surface area contributed by atoms with Gasteiger partial charge in [0.2, 0.25) is 0 Å². The van der Waals surface area contributed by atoms with E-state index in [2.05, 4.69) is 10.6 Å². The van der Waals surface area contributed by atoms with Gasteiger partial charge in [-0.05, 0) is 42.8 Å². The molecule has 0 unspecified atom stereocenters. The van der Waals surface area contributed by atoms with Crippen molar-refractivity contribution in [1.29, 1.82) is 5.26 Å². The summed E-state index contributed by atoms with van der Waals surface area (Å²) >= 11 is 5.92. The predicted octanol–water partition coefficient (Wildman–Crippen LogP) is 3.82. The zero-order chi connectivity index (χ0) is 18.4. The van der Waals surface area contributed by atoms with E-state index in [1.165, 1.54) is 19.4 Å². The number of nitrogens with zero attached hydrogens (tertiary/aromatic N) is 1. The van der Waals surface area contributed by atoms with Gasteiger partial charge in [-0.2, -0.15) is 5.26 Å². The molecule has 3 N–H and O–H groups in total. The lowest BCUT2D eigenvalue weighted by atomic mass is 10.2. The van der Waals surface area contributed by atoms with Crippen LogP contribution in [0.15, 0.2) is 48.2 Å². The highest BCUT2D eigenvalue weighted by molar-refractivity contribution is 6.31. The monoisotopic (exact) mass is 357 g/mol. The van der Waals surface area contributed by atoms with Gasteiger partial charge >= 0.3 is 0 Å². The minimum Gasteiger partial charge on any atom is -0.506 e. The zero-order valence-electron chi connectivity index (χ0n) is 13.6. The van der Waals surface area contributed by atoms with Crippen molar-refractivity contribution in [2.75, 3.05) is 17.7 Å². The summed E-state index contributed by atoms with van der Waals surface area (Å²) in [5, 5.41) is 24.8. The van der Waals surface area contributed by atoms with Crippen LogP contribution < -0.4 is 15.4 Å². The summed E-state index contributed by atoms with van der Waals surface area (Å²) in [4.78, 5) is 12.3. The van der Waals surface area contributed by atoms with Crippen molar-refractivity contribution in [3.8, 4) is 17.6 Å². The highest BCUT2D eigenvalue weighted by atomic mass is 35.5. The van der Waals surface area contributed by atoms with E-state index in [4.69, 9.17) is 16.3 Å². The molecule has 1 amide bonds. The Labute approximate surface area is 150 Å². The summed E-state index contributed by atoms with van der Waals surface area (Å²) in [5.41, 5.74) is 1.44. The molecule has 0 aliphatic carbocycles. The average Bonchev–Trinajstić information content (AvgIpc) is 2.57. The first-order valence-corrected chi connectivity index (χ1v) is 7.63. The number of aryl methyl sites for hydroxylation is 1. The van der Waals surface area contributed by atoms with Crippen LogP contribution in [0.5, 0.6) is 11.5 Å². The van der Waals surface area contributed by atoms with Crippen LogP contribution in [0.1, 0.15) is 5.56 Å². The molecular weight excluding hydrogens is 342 g/mol. The lowest BCUT2D eigenvalue weighted by Gasteiger charge is -2.10. The van der Waals surface area contributed by atoms with Gasteiger partial charge in [-0.15, -0.1) is 0 Å². The maximum absolute atomic E-state index is 12.3. The first kappa shape index (κ1) is 18.2. The third-order valence-electron chi connectivity index (χ3n) is 3.30.